The number of alkyl halides is 6. The third-order valence-corrected chi connectivity index (χ3v) is 7.18. The first kappa shape index (κ1) is 29.8. The molecule has 0 radical (unpaired) electrons. The molecule has 18 heteroatoms. The van der Waals surface area contributed by atoms with Crippen LogP contribution in [0.5, 0.6) is 11.5 Å². The molecular formula is C21H18F7N3O7S. The Kier molecular flexibility index (Phi) is 8.49. The first-order valence-corrected chi connectivity index (χ1v) is 12.1. The van der Waals surface area contributed by atoms with Crippen LogP contribution in [-0.4, -0.2) is 73.1 Å². The van der Waals surface area contributed by atoms with Crippen LogP contribution in [0.25, 0.3) is 0 Å². The number of halogens is 7. The van der Waals surface area contributed by atoms with Gasteiger partial charge in [-0.15, -0.1) is 26.3 Å². The van der Waals surface area contributed by atoms with E-state index in [1.54, 1.807) is 0 Å². The number of rotatable bonds is 7. The second-order valence-electron chi connectivity index (χ2n) is 7.91. The van der Waals surface area contributed by atoms with E-state index in [2.05, 4.69) is 14.8 Å². The minimum Gasteiger partial charge on any atom is -0.465 e. The highest BCUT2D eigenvalue weighted by atomic mass is 32.2. The molecule has 1 atom stereocenters. The second kappa shape index (κ2) is 11.1. The maximum Gasteiger partial charge on any atom is 0.573 e. The topological polar surface area (TPSA) is 125 Å². The molecule has 39 heavy (non-hydrogen) atoms. The smallest absolute Gasteiger partial charge is 0.465 e. The van der Waals surface area contributed by atoms with Gasteiger partial charge in [-0.25, -0.2) is 17.6 Å². The SMILES string of the molecule is O=C(NCc1ccc(OC(F)(F)F)c(F)c1)[C@H]1CN(C(=O)O)CCN1S(=O)(=O)c1ccc(OC(F)(F)F)cc1. The Morgan fingerprint density at radius 3 is 2.13 bits per heavy atom. The van der Waals surface area contributed by atoms with E-state index in [4.69, 9.17) is 0 Å². The zero-order valence-corrected chi connectivity index (χ0v) is 20.1. The lowest BCUT2D eigenvalue weighted by Crippen LogP contribution is -2.61. The number of carbonyl (C=O) groups is 2. The third-order valence-electron chi connectivity index (χ3n) is 5.26. The van der Waals surface area contributed by atoms with E-state index < -0.39 is 82.6 Å². The van der Waals surface area contributed by atoms with Crippen molar-refractivity contribution in [2.45, 2.75) is 30.2 Å². The van der Waals surface area contributed by atoms with Crippen LogP contribution >= 0.6 is 0 Å². The Bertz CT molecular complexity index is 1320. The molecule has 1 aliphatic heterocycles. The van der Waals surface area contributed by atoms with Gasteiger partial charge < -0.3 is 24.8 Å². The van der Waals surface area contributed by atoms with Crippen LogP contribution in [0.4, 0.5) is 35.5 Å². The lowest BCUT2D eigenvalue weighted by Gasteiger charge is -2.38. The number of ether oxygens (including phenoxy) is 2. The number of carboxylic acid groups (broad SMARTS) is 1. The molecule has 214 valence electrons. The Labute approximate surface area is 215 Å². The van der Waals surface area contributed by atoms with E-state index in [-0.39, 0.29) is 12.1 Å². The Morgan fingerprint density at radius 1 is 0.974 bits per heavy atom. The fourth-order valence-electron chi connectivity index (χ4n) is 3.56. The van der Waals surface area contributed by atoms with Crippen molar-refractivity contribution >= 4 is 22.0 Å². The predicted molar refractivity (Wildman–Crippen MR) is 115 cm³/mol. The van der Waals surface area contributed by atoms with Crippen molar-refractivity contribution in [1.82, 2.24) is 14.5 Å². The zero-order valence-electron chi connectivity index (χ0n) is 19.3. The van der Waals surface area contributed by atoms with Crippen LogP contribution in [0.3, 0.4) is 0 Å². The number of nitrogens with zero attached hydrogens (tertiary/aromatic N) is 2. The molecule has 0 spiro atoms. The molecule has 1 fully saturated rings. The van der Waals surface area contributed by atoms with Gasteiger partial charge >= 0.3 is 18.8 Å². The molecule has 1 saturated heterocycles. The maximum absolute atomic E-state index is 14.0. The summed E-state index contributed by atoms with van der Waals surface area (Å²) < 4.78 is 122. The van der Waals surface area contributed by atoms with E-state index in [1.165, 1.54) is 0 Å². The molecule has 1 aliphatic rings. The molecule has 0 aliphatic carbocycles. The molecule has 2 N–H and O–H groups in total. The molecule has 0 saturated carbocycles. The number of benzene rings is 2. The second-order valence-corrected chi connectivity index (χ2v) is 9.80. The number of piperazine rings is 1. The van der Waals surface area contributed by atoms with Crippen LogP contribution < -0.4 is 14.8 Å². The van der Waals surface area contributed by atoms with Gasteiger partial charge in [-0.2, -0.15) is 4.31 Å². The Morgan fingerprint density at radius 2 is 1.59 bits per heavy atom. The number of hydrogen-bond acceptors (Lipinski definition) is 6. The fourth-order valence-corrected chi connectivity index (χ4v) is 5.13. The van der Waals surface area contributed by atoms with E-state index in [0.29, 0.717) is 16.4 Å². The minimum absolute atomic E-state index is 0.0315. The zero-order chi connectivity index (χ0) is 29.2. The summed E-state index contributed by atoms with van der Waals surface area (Å²) in [4.78, 5) is 24.6. The number of nitrogens with one attached hydrogen (secondary N) is 1. The van der Waals surface area contributed by atoms with Gasteiger partial charge in [0.2, 0.25) is 15.9 Å². The first-order valence-electron chi connectivity index (χ1n) is 10.6. The van der Waals surface area contributed by atoms with Crippen LogP contribution in [0, 0.1) is 5.82 Å². The fraction of sp³-hybridized carbons (Fsp3) is 0.333. The highest BCUT2D eigenvalue weighted by Gasteiger charge is 2.41. The summed E-state index contributed by atoms with van der Waals surface area (Å²) in [7, 11) is -4.55. The van der Waals surface area contributed by atoms with Gasteiger partial charge in [0, 0.05) is 26.2 Å². The number of hydrogen-bond donors (Lipinski definition) is 2. The molecule has 2 aromatic carbocycles. The van der Waals surface area contributed by atoms with E-state index >= 15 is 0 Å². The summed E-state index contributed by atoms with van der Waals surface area (Å²) in [5.41, 5.74) is -0.0315. The molecule has 2 amide bonds. The van der Waals surface area contributed by atoms with Crippen molar-refractivity contribution in [3.63, 3.8) is 0 Å². The average molecular weight is 589 g/mol. The summed E-state index contributed by atoms with van der Waals surface area (Å²) >= 11 is 0. The van der Waals surface area contributed by atoms with Crippen molar-refractivity contribution in [1.29, 1.82) is 0 Å². The molecule has 2 aromatic rings. The summed E-state index contributed by atoms with van der Waals surface area (Å²) in [6, 6.07) is 3.76. The lowest BCUT2D eigenvalue weighted by atomic mass is 10.1. The highest BCUT2D eigenvalue weighted by molar-refractivity contribution is 7.89. The van der Waals surface area contributed by atoms with Crippen molar-refractivity contribution in [3.05, 3.63) is 53.8 Å². The van der Waals surface area contributed by atoms with Gasteiger partial charge in [-0.3, -0.25) is 4.79 Å². The Hall–Kier alpha value is -3.80. The van der Waals surface area contributed by atoms with Gasteiger partial charge in [-0.1, -0.05) is 6.07 Å². The quantitative estimate of drug-likeness (QED) is 0.475. The largest absolute Gasteiger partial charge is 0.573 e. The van der Waals surface area contributed by atoms with Crippen molar-refractivity contribution in [2.75, 3.05) is 19.6 Å². The van der Waals surface area contributed by atoms with E-state index in [9.17, 15) is 53.8 Å². The third kappa shape index (κ3) is 7.85. The number of carbonyl (C=O) groups excluding carboxylic acids is 1. The standard InChI is InChI=1S/C21H18F7N3O7S/c22-15-9-12(1-6-17(15)38-21(26,27)28)10-29-18(32)16-11-30(19(33)34)7-8-31(16)39(35,36)14-4-2-13(3-5-14)37-20(23,24)25/h1-6,9,16H,7-8,10-11H2,(H,29,32)(H,33,34)/t16-/m1/s1. The summed E-state index contributed by atoms with van der Waals surface area (Å²) in [6.07, 6.45) is -11.6. The lowest BCUT2D eigenvalue weighted by molar-refractivity contribution is -0.276. The number of amides is 2. The summed E-state index contributed by atoms with van der Waals surface area (Å²) in [5.74, 6) is -4.25. The molecule has 0 aromatic heterocycles. The first-order chi connectivity index (χ1) is 18.0. The van der Waals surface area contributed by atoms with E-state index in [0.717, 1.165) is 35.2 Å². The highest BCUT2D eigenvalue weighted by Crippen LogP contribution is 2.28. The van der Waals surface area contributed by atoms with Gasteiger partial charge in [0.1, 0.15) is 11.8 Å². The van der Waals surface area contributed by atoms with Crippen LogP contribution in [-0.2, 0) is 21.4 Å². The van der Waals surface area contributed by atoms with Gasteiger partial charge in [-0.05, 0) is 42.0 Å². The van der Waals surface area contributed by atoms with Crippen molar-refractivity contribution < 1.29 is 63.3 Å². The van der Waals surface area contributed by atoms with Crippen molar-refractivity contribution in [2.24, 2.45) is 0 Å². The minimum atomic E-state index is -5.14. The molecular weight excluding hydrogens is 571 g/mol. The Balaban J connectivity index is 1.79. The molecule has 10 nitrogen and oxygen atoms in total. The van der Waals surface area contributed by atoms with Gasteiger partial charge in [0.15, 0.2) is 11.6 Å². The normalized spacial score (nSPS) is 17.0. The molecule has 0 bridgehead atoms. The van der Waals surface area contributed by atoms with Crippen LogP contribution in [0.2, 0.25) is 0 Å². The summed E-state index contributed by atoms with van der Waals surface area (Å²) in [5, 5.41) is 11.6. The van der Waals surface area contributed by atoms with E-state index in [1.807, 2.05) is 0 Å². The van der Waals surface area contributed by atoms with Crippen molar-refractivity contribution in [3.8, 4) is 11.5 Å². The summed E-state index contributed by atoms with van der Waals surface area (Å²) in [6.45, 7) is -1.93. The average Bonchev–Trinajstić information content (AvgIpc) is 2.82. The monoisotopic (exact) mass is 589 g/mol. The molecule has 0 unspecified atom stereocenters. The molecule has 3 rings (SSSR count). The predicted octanol–water partition coefficient (Wildman–Crippen LogP) is 3.29. The maximum atomic E-state index is 14.0. The number of sulfonamides is 1. The molecule has 1 heterocycles. The van der Waals surface area contributed by atoms with Gasteiger partial charge in [0.25, 0.3) is 0 Å². The van der Waals surface area contributed by atoms with Crippen LogP contribution in [0.15, 0.2) is 47.4 Å². The van der Waals surface area contributed by atoms with Crippen LogP contribution in [0.1, 0.15) is 5.56 Å². The van der Waals surface area contributed by atoms with Gasteiger partial charge in [0.05, 0.1) is 4.90 Å².